The second kappa shape index (κ2) is 4.41. The Morgan fingerprint density at radius 1 is 1.06 bits per heavy atom. The molecule has 0 saturated carbocycles. The first-order valence-electron chi connectivity index (χ1n) is 6.08. The van der Waals surface area contributed by atoms with Crippen molar-refractivity contribution in [2.24, 2.45) is 0 Å². The van der Waals surface area contributed by atoms with E-state index in [1.54, 1.807) is 6.20 Å². The van der Waals surface area contributed by atoms with E-state index in [1.807, 2.05) is 19.1 Å². The van der Waals surface area contributed by atoms with Gasteiger partial charge in [0.05, 0.1) is 0 Å². The van der Waals surface area contributed by atoms with Crippen LogP contribution in [-0.4, -0.2) is 9.97 Å². The van der Waals surface area contributed by atoms with Crippen molar-refractivity contribution in [1.29, 1.82) is 0 Å². The average molecular weight is 241 g/mol. The zero-order valence-electron chi connectivity index (χ0n) is 11.4. The van der Waals surface area contributed by atoms with E-state index in [-0.39, 0.29) is 5.41 Å². The second-order valence-corrected chi connectivity index (χ2v) is 5.59. The average Bonchev–Trinajstić information content (AvgIpc) is 2.32. The van der Waals surface area contributed by atoms with Crippen molar-refractivity contribution in [2.75, 3.05) is 5.73 Å². The molecule has 0 bridgehead atoms. The summed E-state index contributed by atoms with van der Waals surface area (Å²) in [5.74, 6) is 1.22. The normalized spacial score (nSPS) is 11.6. The van der Waals surface area contributed by atoms with E-state index in [0.29, 0.717) is 11.6 Å². The van der Waals surface area contributed by atoms with Crippen LogP contribution in [0.5, 0.6) is 0 Å². The number of hydrogen-bond acceptors (Lipinski definition) is 3. The molecule has 1 aromatic carbocycles. The molecule has 0 unspecified atom stereocenters. The lowest BCUT2D eigenvalue weighted by atomic mass is 9.87. The van der Waals surface area contributed by atoms with Gasteiger partial charge in [-0.25, -0.2) is 9.97 Å². The smallest absolute Gasteiger partial charge is 0.161 e. The van der Waals surface area contributed by atoms with Gasteiger partial charge in [0.2, 0.25) is 0 Å². The lowest BCUT2D eigenvalue weighted by molar-refractivity contribution is 0.590. The van der Waals surface area contributed by atoms with Crippen LogP contribution in [0, 0.1) is 6.92 Å². The van der Waals surface area contributed by atoms with Gasteiger partial charge in [-0.3, -0.25) is 0 Å². The van der Waals surface area contributed by atoms with E-state index in [1.165, 1.54) is 5.56 Å². The molecule has 0 aliphatic carbocycles. The highest BCUT2D eigenvalue weighted by molar-refractivity contribution is 5.58. The van der Waals surface area contributed by atoms with Crippen LogP contribution in [0.2, 0.25) is 0 Å². The van der Waals surface area contributed by atoms with Crippen molar-refractivity contribution in [3.63, 3.8) is 0 Å². The highest BCUT2D eigenvalue weighted by Gasteiger charge is 2.13. The Labute approximate surface area is 108 Å². The Hall–Kier alpha value is -1.90. The molecule has 0 aliphatic rings. The summed E-state index contributed by atoms with van der Waals surface area (Å²) in [6.07, 6.45) is 1.76. The minimum Gasteiger partial charge on any atom is -0.383 e. The lowest BCUT2D eigenvalue weighted by Gasteiger charge is -2.19. The summed E-state index contributed by atoms with van der Waals surface area (Å²) >= 11 is 0. The number of anilines is 1. The molecule has 0 aliphatic heterocycles. The Morgan fingerprint density at radius 2 is 1.67 bits per heavy atom. The molecule has 0 radical (unpaired) electrons. The van der Waals surface area contributed by atoms with Gasteiger partial charge in [0.25, 0.3) is 0 Å². The van der Waals surface area contributed by atoms with Gasteiger partial charge in [0, 0.05) is 17.3 Å². The quantitative estimate of drug-likeness (QED) is 0.833. The maximum Gasteiger partial charge on any atom is 0.161 e. The summed E-state index contributed by atoms with van der Waals surface area (Å²) in [4.78, 5) is 8.61. The van der Waals surface area contributed by atoms with Crippen LogP contribution in [0.4, 0.5) is 5.82 Å². The van der Waals surface area contributed by atoms with Gasteiger partial charge in [-0.05, 0) is 17.9 Å². The van der Waals surface area contributed by atoms with E-state index in [9.17, 15) is 0 Å². The molecule has 1 heterocycles. The highest BCUT2D eigenvalue weighted by Crippen LogP contribution is 2.25. The number of hydrogen-bond donors (Lipinski definition) is 1. The number of nitrogen functional groups attached to an aromatic ring is 1. The van der Waals surface area contributed by atoms with Crippen LogP contribution in [0.3, 0.4) is 0 Å². The Morgan fingerprint density at radius 3 is 2.17 bits per heavy atom. The molecule has 0 spiro atoms. The lowest BCUT2D eigenvalue weighted by Crippen LogP contribution is -2.10. The maximum atomic E-state index is 5.81. The molecular weight excluding hydrogens is 222 g/mol. The molecular formula is C15H19N3. The first kappa shape index (κ1) is 12.6. The molecule has 2 N–H and O–H groups in total. The number of rotatable bonds is 1. The Kier molecular flexibility index (Phi) is 3.07. The van der Waals surface area contributed by atoms with Crippen LogP contribution < -0.4 is 5.73 Å². The molecule has 0 fully saturated rings. The summed E-state index contributed by atoms with van der Waals surface area (Å²) in [7, 11) is 0. The maximum absolute atomic E-state index is 5.81. The summed E-state index contributed by atoms with van der Waals surface area (Å²) in [5, 5.41) is 0. The van der Waals surface area contributed by atoms with Crippen LogP contribution in [0.15, 0.2) is 30.5 Å². The van der Waals surface area contributed by atoms with Gasteiger partial charge in [0.15, 0.2) is 5.82 Å². The first-order chi connectivity index (χ1) is 8.38. The molecule has 2 aromatic rings. The van der Waals surface area contributed by atoms with Crippen molar-refractivity contribution >= 4 is 5.82 Å². The zero-order valence-corrected chi connectivity index (χ0v) is 11.4. The summed E-state index contributed by atoms with van der Waals surface area (Å²) < 4.78 is 0. The number of nitrogens with zero attached hydrogens (tertiary/aromatic N) is 2. The van der Waals surface area contributed by atoms with Gasteiger partial charge in [-0.2, -0.15) is 0 Å². The van der Waals surface area contributed by atoms with Gasteiger partial charge in [-0.15, -0.1) is 0 Å². The highest BCUT2D eigenvalue weighted by atomic mass is 14.9. The molecule has 3 heteroatoms. The summed E-state index contributed by atoms with van der Waals surface area (Å²) in [5.41, 5.74) is 9.16. The van der Waals surface area contributed by atoms with E-state index >= 15 is 0 Å². The monoisotopic (exact) mass is 241 g/mol. The number of aromatic nitrogens is 2. The fourth-order valence-electron chi connectivity index (χ4n) is 1.71. The van der Waals surface area contributed by atoms with Crippen LogP contribution >= 0.6 is 0 Å². The molecule has 18 heavy (non-hydrogen) atoms. The number of aryl methyl sites for hydroxylation is 1. The second-order valence-electron chi connectivity index (χ2n) is 5.59. The zero-order chi connectivity index (χ0) is 13.3. The minimum atomic E-state index is 0.158. The summed E-state index contributed by atoms with van der Waals surface area (Å²) in [6, 6.07) is 8.33. The molecule has 94 valence electrons. The van der Waals surface area contributed by atoms with Crippen molar-refractivity contribution in [3.8, 4) is 11.4 Å². The van der Waals surface area contributed by atoms with Gasteiger partial charge < -0.3 is 5.73 Å². The first-order valence-corrected chi connectivity index (χ1v) is 6.08. The van der Waals surface area contributed by atoms with Crippen LogP contribution in [0.1, 0.15) is 31.9 Å². The number of nitrogens with two attached hydrogens (primary N) is 1. The summed E-state index contributed by atoms with van der Waals surface area (Å²) in [6.45, 7) is 8.49. The molecule has 3 nitrogen and oxygen atoms in total. The third-order valence-corrected chi connectivity index (χ3v) is 3.02. The van der Waals surface area contributed by atoms with Crippen molar-refractivity contribution in [1.82, 2.24) is 9.97 Å². The number of benzene rings is 1. The van der Waals surface area contributed by atoms with Crippen molar-refractivity contribution < 1.29 is 0 Å². The van der Waals surface area contributed by atoms with E-state index in [4.69, 9.17) is 5.73 Å². The molecule has 0 saturated heterocycles. The van der Waals surface area contributed by atoms with E-state index in [2.05, 4.69) is 42.9 Å². The Balaban J connectivity index is 2.37. The molecule has 1 aromatic heterocycles. The van der Waals surface area contributed by atoms with Gasteiger partial charge >= 0.3 is 0 Å². The predicted molar refractivity (Wildman–Crippen MR) is 75.3 cm³/mol. The molecule has 2 rings (SSSR count). The van der Waals surface area contributed by atoms with Gasteiger partial charge in [0.1, 0.15) is 5.82 Å². The Bertz CT molecular complexity index is 551. The minimum absolute atomic E-state index is 0.158. The van der Waals surface area contributed by atoms with Crippen LogP contribution in [-0.2, 0) is 5.41 Å². The predicted octanol–water partition coefficient (Wildman–Crippen LogP) is 3.33. The standard InChI is InChI=1S/C15H19N3/c1-10-9-17-14(18-13(10)16)11-5-7-12(8-6-11)15(2,3)4/h5-9H,1-4H3,(H2,16,17,18). The van der Waals surface area contributed by atoms with E-state index in [0.717, 1.165) is 11.1 Å². The largest absolute Gasteiger partial charge is 0.383 e. The van der Waals surface area contributed by atoms with Gasteiger partial charge in [-0.1, -0.05) is 45.0 Å². The third-order valence-electron chi connectivity index (χ3n) is 3.02. The van der Waals surface area contributed by atoms with Crippen molar-refractivity contribution in [3.05, 3.63) is 41.6 Å². The molecule has 0 atom stereocenters. The fourth-order valence-corrected chi connectivity index (χ4v) is 1.71. The third kappa shape index (κ3) is 2.50. The molecule has 0 amide bonds. The van der Waals surface area contributed by atoms with Crippen LogP contribution in [0.25, 0.3) is 11.4 Å². The SMILES string of the molecule is Cc1cnc(-c2ccc(C(C)(C)C)cc2)nc1N. The van der Waals surface area contributed by atoms with Crippen molar-refractivity contribution in [2.45, 2.75) is 33.1 Å². The topological polar surface area (TPSA) is 51.8 Å². The van der Waals surface area contributed by atoms with E-state index < -0.39 is 0 Å². The fraction of sp³-hybridized carbons (Fsp3) is 0.333.